The predicted octanol–water partition coefficient (Wildman–Crippen LogP) is 4.47. The van der Waals surface area contributed by atoms with Crippen molar-refractivity contribution in [3.8, 4) is 0 Å². The van der Waals surface area contributed by atoms with Gasteiger partial charge in [0.1, 0.15) is 0 Å². The van der Waals surface area contributed by atoms with E-state index in [1.54, 1.807) is 0 Å². The van der Waals surface area contributed by atoms with Crippen LogP contribution in [0.15, 0.2) is 48.5 Å². The Bertz CT molecular complexity index is 876. The van der Waals surface area contributed by atoms with Crippen LogP contribution in [0.25, 0.3) is 10.2 Å². The van der Waals surface area contributed by atoms with Gasteiger partial charge in [0.25, 0.3) is 0 Å². The van der Waals surface area contributed by atoms with Crippen molar-refractivity contribution in [2.45, 2.75) is 12.2 Å². The summed E-state index contributed by atoms with van der Waals surface area (Å²) in [7, 11) is 0. The average molecular weight is 363 g/mol. The van der Waals surface area contributed by atoms with E-state index in [0.717, 1.165) is 30.8 Å². The molecule has 0 spiro atoms. The molecule has 3 aromatic rings. The summed E-state index contributed by atoms with van der Waals surface area (Å²) >= 11 is 1.32. The number of nitrogens with zero attached hydrogens (tertiary/aromatic N) is 2. The fourth-order valence-electron chi connectivity index (χ4n) is 3.12. The highest BCUT2D eigenvalue weighted by molar-refractivity contribution is 7.22. The number of aromatic nitrogens is 1. The van der Waals surface area contributed by atoms with Crippen molar-refractivity contribution in [3.05, 3.63) is 59.7 Å². The predicted molar refractivity (Wildman–Crippen MR) is 94.0 cm³/mol. The third-order valence-electron chi connectivity index (χ3n) is 4.38. The monoisotopic (exact) mass is 363 g/mol. The third-order valence-corrected chi connectivity index (χ3v) is 5.43. The van der Waals surface area contributed by atoms with Crippen LogP contribution in [0, 0.1) is 0 Å². The quantitative estimate of drug-likeness (QED) is 0.728. The number of anilines is 1. The molecule has 1 N–H and O–H groups in total. The van der Waals surface area contributed by atoms with Gasteiger partial charge in [0.2, 0.25) is 0 Å². The summed E-state index contributed by atoms with van der Waals surface area (Å²) in [6, 6.07) is 14.0. The molecule has 1 fully saturated rings. The molecule has 0 radical (unpaired) electrons. The standard InChI is InChI=1S/C18H16F3N3S/c19-18(20,21)13-6-7-14-16(10-13)25-17(23-14)24-9-8-22-11-15(24)12-4-2-1-3-5-12/h1-7,10,15,22H,8-9,11H2/t15-/m0/s1. The summed E-state index contributed by atoms with van der Waals surface area (Å²) in [5.41, 5.74) is 1.15. The van der Waals surface area contributed by atoms with E-state index < -0.39 is 11.7 Å². The number of alkyl halides is 3. The van der Waals surface area contributed by atoms with Crippen molar-refractivity contribution in [1.82, 2.24) is 10.3 Å². The molecule has 0 saturated carbocycles. The van der Waals surface area contributed by atoms with Crippen molar-refractivity contribution < 1.29 is 13.2 Å². The van der Waals surface area contributed by atoms with E-state index in [4.69, 9.17) is 0 Å². The Morgan fingerprint density at radius 1 is 1.12 bits per heavy atom. The van der Waals surface area contributed by atoms with Crippen molar-refractivity contribution in [2.24, 2.45) is 0 Å². The van der Waals surface area contributed by atoms with Crippen LogP contribution in [0.1, 0.15) is 17.2 Å². The van der Waals surface area contributed by atoms with Gasteiger partial charge in [0.15, 0.2) is 5.13 Å². The molecule has 1 atom stereocenters. The largest absolute Gasteiger partial charge is 0.416 e. The molecular weight excluding hydrogens is 347 g/mol. The Labute approximate surface area is 147 Å². The smallest absolute Gasteiger partial charge is 0.338 e. The first kappa shape index (κ1) is 16.4. The second-order valence-corrected chi connectivity index (χ2v) is 7.01. The maximum atomic E-state index is 12.9. The number of hydrogen-bond acceptors (Lipinski definition) is 4. The average Bonchev–Trinajstić information content (AvgIpc) is 3.05. The highest BCUT2D eigenvalue weighted by Gasteiger charge is 2.31. The summed E-state index contributed by atoms with van der Waals surface area (Å²) in [5, 5.41) is 4.15. The summed E-state index contributed by atoms with van der Waals surface area (Å²) in [6.45, 7) is 2.38. The molecule has 7 heteroatoms. The normalized spacial score (nSPS) is 18.7. The van der Waals surface area contributed by atoms with Crippen LogP contribution in [0.4, 0.5) is 18.3 Å². The summed E-state index contributed by atoms with van der Waals surface area (Å²) in [6.07, 6.45) is -4.33. The first-order chi connectivity index (χ1) is 12.0. The molecule has 0 bridgehead atoms. The zero-order chi connectivity index (χ0) is 17.4. The van der Waals surface area contributed by atoms with Gasteiger partial charge in [-0.2, -0.15) is 13.2 Å². The summed E-state index contributed by atoms with van der Waals surface area (Å²) in [4.78, 5) is 6.77. The molecule has 0 unspecified atom stereocenters. The first-order valence-corrected chi connectivity index (χ1v) is 8.84. The Hall–Kier alpha value is -2.12. The number of rotatable bonds is 2. The zero-order valence-corrected chi connectivity index (χ0v) is 14.1. The van der Waals surface area contributed by atoms with E-state index in [1.807, 2.05) is 18.2 Å². The number of thiazole rings is 1. The van der Waals surface area contributed by atoms with Crippen LogP contribution in [0.3, 0.4) is 0 Å². The number of nitrogens with one attached hydrogen (secondary N) is 1. The van der Waals surface area contributed by atoms with E-state index >= 15 is 0 Å². The van der Waals surface area contributed by atoms with E-state index in [-0.39, 0.29) is 6.04 Å². The SMILES string of the molecule is FC(F)(F)c1ccc2nc(N3CCNC[C@H]3c3ccccc3)sc2c1. The van der Waals surface area contributed by atoms with E-state index in [1.165, 1.54) is 29.0 Å². The highest BCUT2D eigenvalue weighted by Crippen LogP contribution is 2.37. The van der Waals surface area contributed by atoms with Gasteiger partial charge in [-0.3, -0.25) is 0 Å². The van der Waals surface area contributed by atoms with E-state index in [9.17, 15) is 13.2 Å². The lowest BCUT2D eigenvalue weighted by molar-refractivity contribution is -0.137. The first-order valence-electron chi connectivity index (χ1n) is 8.02. The molecule has 1 saturated heterocycles. The molecule has 1 aliphatic heterocycles. The van der Waals surface area contributed by atoms with Crippen molar-refractivity contribution >= 4 is 26.7 Å². The molecule has 0 amide bonds. The Kier molecular flexibility index (Phi) is 4.13. The van der Waals surface area contributed by atoms with Crippen LogP contribution < -0.4 is 10.2 Å². The van der Waals surface area contributed by atoms with Gasteiger partial charge in [0, 0.05) is 19.6 Å². The minimum Gasteiger partial charge on any atom is -0.338 e. The second kappa shape index (κ2) is 6.31. The lowest BCUT2D eigenvalue weighted by atomic mass is 10.0. The Morgan fingerprint density at radius 2 is 1.92 bits per heavy atom. The van der Waals surface area contributed by atoms with E-state index in [0.29, 0.717) is 10.2 Å². The number of benzene rings is 2. The third kappa shape index (κ3) is 3.21. The molecule has 25 heavy (non-hydrogen) atoms. The molecule has 2 heterocycles. The minimum atomic E-state index is -4.33. The van der Waals surface area contributed by atoms with Crippen LogP contribution in [0.5, 0.6) is 0 Å². The van der Waals surface area contributed by atoms with Gasteiger partial charge < -0.3 is 10.2 Å². The molecule has 0 aliphatic carbocycles. The van der Waals surface area contributed by atoms with Crippen LogP contribution in [0.2, 0.25) is 0 Å². The van der Waals surface area contributed by atoms with E-state index in [2.05, 4.69) is 27.3 Å². The Morgan fingerprint density at radius 3 is 2.68 bits per heavy atom. The van der Waals surface area contributed by atoms with Gasteiger partial charge in [-0.15, -0.1) is 0 Å². The fourth-order valence-corrected chi connectivity index (χ4v) is 4.20. The maximum absolute atomic E-state index is 12.9. The van der Waals surface area contributed by atoms with Gasteiger partial charge >= 0.3 is 6.18 Å². The molecule has 2 aromatic carbocycles. The van der Waals surface area contributed by atoms with Crippen molar-refractivity contribution in [1.29, 1.82) is 0 Å². The van der Waals surface area contributed by atoms with Crippen LogP contribution >= 0.6 is 11.3 Å². The number of halogens is 3. The van der Waals surface area contributed by atoms with Gasteiger partial charge in [-0.25, -0.2) is 4.98 Å². The summed E-state index contributed by atoms with van der Waals surface area (Å²) < 4.78 is 39.3. The molecule has 130 valence electrons. The molecule has 1 aliphatic rings. The fraction of sp³-hybridized carbons (Fsp3) is 0.278. The van der Waals surface area contributed by atoms with Gasteiger partial charge in [-0.1, -0.05) is 41.7 Å². The van der Waals surface area contributed by atoms with Gasteiger partial charge in [-0.05, 0) is 23.8 Å². The molecule has 3 nitrogen and oxygen atoms in total. The minimum absolute atomic E-state index is 0.123. The molecular formula is C18H16F3N3S. The molecule has 1 aromatic heterocycles. The lowest BCUT2D eigenvalue weighted by Crippen LogP contribution is -2.46. The topological polar surface area (TPSA) is 28.2 Å². The maximum Gasteiger partial charge on any atom is 0.416 e. The highest BCUT2D eigenvalue weighted by atomic mass is 32.1. The number of fused-ring (bicyclic) bond motifs is 1. The second-order valence-electron chi connectivity index (χ2n) is 6.00. The lowest BCUT2D eigenvalue weighted by Gasteiger charge is -2.36. The zero-order valence-electron chi connectivity index (χ0n) is 13.3. The number of piperazine rings is 1. The van der Waals surface area contributed by atoms with Crippen molar-refractivity contribution in [2.75, 3.05) is 24.5 Å². The van der Waals surface area contributed by atoms with Gasteiger partial charge in [0.05, 0.1) is 21.8 Å². The number of hydrogen-bond donors (Lipinski definition) is 1. The molecule has 4 rings (SSSR count). The van der Waals surface area contributed by atoms with Crippen LogP contribution in [-0.4, -0.2) is 24.6 Å². The van der Waals surface area contributed by atoms with Crippen molar-refractivity contribution in [3.63, 3.8) is 0 Å². The summed E-state index contributed by atoms with van der Waals surface area (Å²) in [5.74, 6) is 0. The Balaban J connectivity index is 1.72. The van der Waals surface area contributed by atoms with Crippen LogP contribution in [-0.2, 0) is 6.18 Å².